The Hall–Kier alpha value is -11.1. The summed E-state index contributed by atoms with van der Waals surface area (Å²) in [6.07, 6.45) is 0. The van der Waals surface area contributed by atoms with Crippen molar-refractivity contribution in [1.82, 2.24) is 24.5 Å². The fourth-order valence-corrected chi connectivity index (χ4v) is 9.75. The van der Waals surface area contributed by atoms with Crippen LogP contribution in [0.5, 0.6) is 0 Å². The molecule has 9 heteroatoms. The van der Waals surface area contributed by atoms with Crippen molar-refractivity contribution >= 4 is 21.8 Å². The van der Waals surface area contributed by atoms with Crippen LogP contribution in [-0.2, 0) is 0 Å². The lowest BCUT2D eigenvalue weighted by molar-refractivity contribution is 1.13. The first-order valence-corrected chi connectivity index (χ1v) is 24.1. The summed E-state index contributed by atoms with van der Waals surface area (Å²) in [5.74, 6) is 1.08. The van der Waals surface area contributed by atoms with Crippen LogP contribution in [0.2, 0.25) is 0 Å². The number of fused-ring (bicyclic) bond motifs is 3. The molecule has 3 aromatic heterocycles. The second-order valence-electron chi connectivity index (χ2n) is 17.9. The summed E-state index contributed by atoms with van der Waals surface area (Å²) < 4.78 is 2.22. The topological polar surface area (TPSA) is 152 Å². The molecule has 0 aliphatic heterocycles. The Bertz CT molecular complexity index is 4140. The first kappa shape index (κ1) is 45.1. The highest BCUT2D eigenvalue weighted by molar-refractivity contribution is 6.12. The van der Waals surface area contributed by atoms with Crippen molar-refractivity contribution < 1.29 is 0 Å². The third-order valence-corrected chi connectivity index (χ3v) is 13.4. The second kappa shape index (κ2) is 19.2. The predicted octanol–water partition coefficient (Wildman–Crippen LogP) is 15.2. The molecule has 0 aliphatic carbocycles. The third kappa shape index (κ3) is 8.48. The first-order valence-electron chi connectivity index (χ1n) is 24.1. The van der Waals surface area contributed by atoms with E-state index in [4.69, 9.17) is 19.9 Å². The molecule has 0 unspecified atom stereocenters. The summed E-state index contributed by atoms with van der Waals surface area (Å²) in [7, 11) is 0. The highest BCUT2D eigenvalue weighted by Gasteiger charge is 2.23. The molecule has 0 bridgehead atoms. The van der Waals surface area contributed by atoms with Crippen molar-refractivity contribution in [3.05, 3.63) is 247 Å². The molecule has 0 amide bonds. The van der Waals surface area contributed by atoms with E-state index in [-0.39, 0.29) is 0 Å². The van der Waals surface area contributed by atoms with E-state index in [1.165, 1.54) is 0 Å². The average Bonchev–Trinajstić information content (AvgIpc) is 3.88. The minimum absolute atomic E-state index is 0.382. The van der Waals surface area contributed by atoms with Crippen LogP contribution in [0, 0.1) is 45.3 Å². The van der Waals surface area contributed by atoms with Gasteiger partial charge < -0.3 is 4.57 Å². The number of nitrogens with zero attached hydrogens (tertiary/aromatic N) is 9. The molecule has 0 saturated heterocycles. The van der Waals surface area contributed by atoms with Crippen LogP contribution < -0.4 is 0 Å². The zero-order chi connectivity index (χ0) is 50.8. The van der Waals surface area contributed by atoms with Gasteiger partial charge in [-0.3, -0.25) is 0 Å². The summed E-state index contributed by atoms with van der Waals surface area (Å²) >= 11 is 0. The SMILES string of the molecule is N#Cc1ccc(-c2ccc3c(c2)c2cc(-c4ccc(C#N)cc4C#N)ccc2n3-c2ccc(-c3cc(-c4ccccc4)nc(-c4ccccc4)n3)cc2-c2nc(-c3ccccc3)cc(-c3ccccc3)n2)c(C#N)c1. The molecule has 75 heavy (non-hydrogen) atoms. The molecule has 0 N–H and O–H groups in total. The first-order chi connectivity index (χ1) is 37.0. The van der Waals surface area contributed by atoms with E-state index in [1.807, 2.05) is 133 Å². The largest absolute Gasteiger partial charge is 0.308 e. The molecule has 0 atom stereocenters. The Morgan fingerprint density at radius 3 is 1.12 bits per heavy atom. The molecule has 12 aromatic rings. The quantitative estimate of drug-likeness (QED) is 0.139. The molecule has 0 fully saturated rings. The summed E-state index contributed by atoms with van der Waals surface area (Å²) in [5.41, 5.74) is 15.2. The molecular formula is C66H37N9. The van der Waals surface area contributed by atoms with Crippen LogP contribution >= 0.6 is 0 Å². The van der Waals surface area contributed by atoms with Crippen molar-refractivity contribution in [3.8, 4) is 120 Å². The Kier molecular flexibility index (Phi) is 11.6. The molecule has 3 heterocycles. The molecular weight excluding hydrogens is 919 g/mol. The van der Waals surface area contributed by atoms with Gasteiger partial charge in [0, 0.05) is 44.2 Å². The zero-order valence-electron chi connectivity index (χ0n) is 39.9. The van der Waals surface area contributed by atoms with Gasteiger partial charge in [0.2, 0.25) is 0 Å². The van der Waals surface area contributed by atoms with E-state index >= 15 is 0 Å². The van der Waals surface area contributed by atoms with E-state index in [9.17, 15) is 21.0 Å². The summed E-state index contributed by atoms with van der Waals surface area (Å²) in [6, 6.07) is 82.1. The third-order valence-electron chi connectivity index (χ3n) is 13.4. The zero-order valence-corrected chi connectivity index (χ0v) is 39.9. The van der Waals surface area contributed by atoms with Gasteiger partial charge in [0.15, 0.2) is 11.6 Å². The molecule has 9 aromatic carbocycles. The number of nitriles is 4. The Balaban J connectivity index is 1.16. The molecule has 9 nitrogen and oxygen atoms in total. The molecule has 12 rings (SSSR count). The second-order valence-corrected chi connectivity index (χ2v) is 17.9. The lowest BCUT2D eigenvalue weighted by atomic mass is 9.95. The average molecular weight is 956 g/mol. The lowest BCUT2D eigenvalue weighted by Crippen LogP contribution is -2.03. The smallest absolute Gasteiger partial charge is 0.162 e. The number of rotatable bonds is 9. The Morgan fingerprint density at radius 1 is 0.293 bits per heavy atom. The van der Waals surface area contributed by atoms with Gasteiger partial charge in [0.25, 0.3) is 0 Å². The minimum Gasteiger partial charge on any atom is -0.308 e. The van der Waals surface area contributed by atoms with Crippen LogP contribution in [0.4, 0.5) is 0 Å². The van der Waals surface area contributed by atoms with Crippen LogP contribution in [0.15, 0.2) is 224 Å². The van der Waals surface area contributed by atoms with Gasteiger partial charge in [-0.25, -0.2) is 19.9 Å². The standard InChI is InChI=1S/C66H37N9/c67-38-42-21-26-53(51(31-42)40-69)48-23-28-62-55(33-48)56-34-49(54-27-22-43(39-68)32-52(54)41-70)24-29-63(56)75(62)64-30-25-50(61-37-58(44-13-5-1-6-14-44)71-65(72-61)47-19-11-4-12-20-47)35-57(64)66-73-59(45-15-7-2-8-16-45)36-60(74-66)46-17-9-3-10-18-46/h1-37H. The molecule has 0 spiro atoms. The summed E-state index contributed by atoms with van der Waals surface area (Å²) in [5, 5.41) is 41.8. The van der Waals surface area contributed by atoms with Gasteiger partial charge in [-0.2, -0.15) is 21.0 Å². The normalized spacial score (nSPS) is 10.9. The van der Waals surface area contributed by atoms with E-state index in [0.717, 1.165) is 89.1 Å². The van der Waals surface area contributed by atoms with Crippen molar-refractivity contribution in [3.63, 3.8) is 0 Å². The van der Waals surface area contributed by atoms with E-state index in [2.05, 4.69) is 95.6 Å². The van der Waals surface area contributed by atoms with Gasteiger partial charge in [0.05, 0.1) is 86.0 Å². The summed E-state index contributed by atoms with van der Waals surface area (Å²) in [4.78, 5) is 21.1. The number of aromatic nitrogens is 5. The maximum atomic E-state index is 10.3. The molecule has 0 aliphatic rings. The van der Waals surface area contributed by atoms with Crippen LogP contribution in [0.1, 0.15) is 22.3 Å². The number of hydrogen-bond acceptors (Lipinski definition) is 8. The van der Waals surface area contributed by atoms with Gasteiger partial charge in [-0.05, 0) is 95.1 Å². The highest BCUT2D eigenvalue weighted by atomic mass is 15.0. The Morgan fingerprint density at radius 2 is 0.693 bits per heavy atom. The molecule has 0 saturated carbocycles. The fourth-order valence-electron chi connectivity index (χ4n) is 9.75. The van der Waals surface area contributed by atoms with Crippen molar-refractivity contribution in [2.45, 2.75) is 0 Å². The van der Waals surface area contributed by atoms with Crippen molar-refractivity contribution in [1.29, 1.82) is 21.0 Å². The predicted molar refractivity (Wildman–Crippen MR) is 294 cm³/mol. The van der Waals surface area contributed by atoms with Gasteiger partial charge in [-0.15, -0.1) is 0 Å². The maximum Gasteiger partial charge on any atom is 0.162 e. The van der Waals surface area contributed by atoms with Gasteiger partial charge in [0.1, 0.15) is 0 Å². The van der Waals surface area contributed by atoms with Crippen LogP contribution in [0.3, 0.4) is 0 Å². The maximum absolute atomic E-state index is 10.3. The molecule has 346 valence electrons. The van der Waals surface area contributed by atoms with Gasteiger partial charge in [-0.1, -0.05) is 152 Å². The van der Waals surface area contributed by atoms with E-state index < -0.39 is 0 Å². The van der Waals surface area contributed by atoms with E-state index in [1.54, 1.807) is 24.3 Å². The van der Waals surface area contributed by atoms with Crippen LogP contribution in [-0.4, -0.2) is 24.5 Å². The van der Waals surface area contributed by atoms with Crippen LogP contribution in [0.25, 0.3) is 118 Å². The van der Waals surface area contributed by atoms with E-state index in [0.29, 0.717) is 50.7 Å². The minimum atomic E-state index is 0.382. The number of hydrogen-bond donors (Lipinski definition) is 0. The highest BCUT2D eigenvalue weighted by Crippen LogP contribution is 2.42. The fraction of sp³-hybridized carbons (Fsp3) is 0. The van der Waals surface area contributed by atoms with Gasteiger partial charge >= 0.3 is 0 Å². The lowest BCUT2D eigenvalue weighted by Gasteiger charge is -2.17. The Labute approximate surface area is 432 Å². The van der Waals surface area contributed by atoms with Crippen molar-refractivity contribution in [2.24, 2.45) is 0 Å². The van der Waals surface area contributed by atoms with Crippen molar-refractivity contribution in [2.75, 3.05) is 0 Å². The number of benzene rings is 9. The molecule has 0 radical (unpaired) electrons. The monoisotopic (exact) mass is 955 g/mol. The summed E-state index contributed by atoms with van der Waals surface area (Å²) in [6.45, 7) is 0.